The lowest BCUT2D eigenvalue weighted by molar-refractivity contribution is -0.120. The maximum absolute atomic E-state index is 12.4. The molecule has 0 saturated heterocycles. The topological polar surface area (TPSA) is 101 Å². The summed E-state index contributed by atoms with van der Waals surface area (Å²) < 4.78 is 0. The van der Waals surface area contributed by atoms with Gasteiger partial charge in [-0.15, -0.1) is 0 Å². The van der Waals surface area contributed by atoms with Gasteiger partial charge in [-0.2, -0.15) is 0 Å². The zero-order valence-corrected chi connectivity index (χ0v) is 10.6. The average Bonchev–Trinajstić information content (AvgIpc) is 3.02. The van der Waals surface area contributed by atoms with E-state index in [0.29, 0.717) is 24.4 Å². The lowest BCUT2D eigenvalue weighted by atomic mass is 9.79. The van der Waals surface area contributed by atoms with Gasteiger partial charge in [0.2, 0.25) is 5.91 Å². The predicted molar refractivity (Wildman–Crippen MR) is 71.3 cm³/mol. The molecule has 0 aromatic carbocycles. The molecule has 2 aromatic heterocycles. The number of hydrogen-bond acceptors (Lipinski definition) is 3. The van der Waals surface area contributed by atoms with Gasteiger partial charge in [0.05, 0.1) is 5.41 Å². The second-order valence-electron chi connectivity index (χ2n) is 5.34. The number of fused-ring (bicyclic) bond motifs is 3. The van der Waals surface area contributed by atoms with Crippen LogP contribution in [-0.4, -0.2) is 21.8 Å². The van der Waals surface area contributed by atoms with E-state index < -0.39 is 11.3 Å². The first kappa shape index (κ1) is 11.2. The third-order valence-electron chi connectivity index (χ3n) is 4.22. The molecule has 2 aliphatic rings. The van der Waals surface area contributed by atoms with Crippen molar-refractivity contribution in [1.29, 1.82) is 0 Å². The lowest BCUT2D eigenvalue weighted by Gasteiger charge is -2.20. The van der Waals surface area contributed by atoms with Crippen LogP contribution in [0.5, 0.6) is 0 Å². The van der Waals surface area contributed by atoms with E-state index in [9.17, 15) is 9.59 Å². The lowest BCUT2D eigenvalue weighted by Crippen LogP contribution is -2.35. The number of carbonyl (C=O) groups excluding carboxylic acids is 2. The summed E-state index contributed by atoms with van der Waals surface area (Å²) in [6.45, 7) is 0. The summed E-state index contributed by atoms with van der Waals surface area (Å²) in [5, 5.41) is 2.84. The van der Waals surface area contributed by atoms with Crippen molar-refractivity contribution in [1.82, 2.24) is 9.97 Å². The van der Waals surface area contributed by atoms with E-state index in [0.717, 1.165) is 16.8 Å². The highest BCUT2D eigenvalue weighted by Gasteiger charge is 2.51. The van der Waals surface area contributed by atoms with Crippen LogP contribution in [0, 0.1) is 0 Å². The van der Waals surface area contributed by atoms with Crippen molar-refractivity contribution in [2.45, 2.75) is 18.3 Å². The Balaban J connectivity index is 1.80. The SMILES string of the molecule is NC(=O)c1cc2c([nH]1)CC1(C2)C(=O)Nc2ncccc21. The van der Waals surface area contributed by atoms with Crippen LogP contribution in [0.1, 0.15) is 27.3 Å². The minimum atomic E-state index is -0.596. The number of aromatic amines is 1. The number of anilines is 1. The number of amides is 2. The van der Waals surface area contributed by atoms with Crippen molar-refractivity contribution in [2.24, 2.45) is 5.73 Å². The first-order chi connectivity index (χ1) is 9.60. The number of rotatable bonds is 1. The number of nitrogens with one attached hydrogen (secondary N) is 2. The molecule has 100 valence electrons. The minimum absolute atomic E-state index is 0.0311. The van der Waals surface area contributed by atoms with Crippen LogP contribution >= 0.6 is 0 Å². The Morgan fingerprint density at radius 2 is 2.25 bits per heavy atom. The largest absolute Gasteiger partial charge is 0.364 e. The highest BCUT2D eigenvalue weighted by molar-refractivity contribution is 6.06. The Labute approximate surface area is 114 Å². The number of pyridine rings is 1. The van der Waals surface area contributed by atoms with Crippen molar-refractivity contribution in [3.63, 3.8) is 0 Å². The molecule has 2 amide bonds. The molecule has 4 N–H and O–H groups in total. The van der Waals surface area contributed by atoms with Crippen LogP contribution in [0.15, 0.2) is 24.4 Å². The van der Waals surface area contributed by atoms with Crippen molar-refractivity contribution < 1.29 is 9.59 Å². The molecule has 1 aliphatic heterocycles. The number of hydrogen-bond donors (Lipinski definition) is 3. The second-order valence-corrected chi connectivity index (χ2v) is 5.34. The number of nitrogens with zero attached hydrogens (tertiary/aromatic N) is 1. The van der Waals surface area contributed by atoms with E-state index in [4.69, 9.17) is 5.73 Å². The molecule has 1 aliphatic carbocycles. The fourth-order valence-electron chi connectivity index (χ4n) is 3.27. The third kappa shape index (κ3) is 1.25. The molecule has 1 atom stereocenters. The number of aromatic nitrogens is 2. The van der Waals surface area contributed by atoms with Crippen molar-refractivity contribution in [3.8, 4) is 0 Å². The average molecular weight is 268 g/mol. The number of carbonyl (C=O) groups is 2. The van der Waals surface area contributed by atoms with Crippen LogP contribution in [0.4, 0.5) is 5.82 Å². The Morgan fingerprint density at radius 1 is 1.40 bits per heavy atom. The molecule has 6 heteroatoms. The third-order valence-corrected chi connectivity index (χ3v) is 4.22. The van der Waals surface area contributed by atoms with Gasteiger partial charge in [0.1, 0.15) is 11.5 Å². The molecule has 1 spiro atoms. The molecule has 6 nitrogen and oxygen atoms in total. The first-order valence-electron chi connectivity index (χ1n) is 6.38. The van der Waals surface area contributed by atoms with Crippen LogP contribution in [0.2, 0.25) is 0 Å². The van der Waals surface area contributed by atoms with E-state index in [2.05, 4.69) is 15.3 Å². The predicted octanol–water partition coefficient (Wildman–Crippen LogP) is 0.497. The van der Waals surface area contributed by atoms with E-state index >= 15 is 0 Å². The molecule has 3 heterocycles. The summed E-state index contributed by atoms with van der Waals surface area (Å²) in [7, 11) is 0. The van der Waals surface area contributed by atoms with Crippen LogP contribution in [0.3, 0.4) is 0 Å². The van der Waals surface area contributed by atoms with Gasteiger partial charge in [-0.25, -0.2) is 4.98 Å². The molecule has 1 unspecified atom stereocenters. The van der Waals surface area contributed by atoms with Crippen molar-refractivity contribution >= 4 is 17.6 Å². The van der Waals surface area contributed by atoms with E-state index in [1.807, 2.05) is 12.1 Å². The zero-order valence-electron chi connectivity index (χ0n) is 10.6. The van der Waals surface area contributed by atoms with Gasteiger partial charge in [0.25, 0.3) is 5.91 Å². The molecule has 20 heavy (non-hydrogen) atoms. The quantitative estimate of drug-likeness (QED) is 0.701. The smallest absolute Gasteiger partial charge is 0.265 e. The number of H-pyrrole nitrogens is 1. The van der Waals surface area contributed by atoms with E-state index in [-0.39, 0.29) is 5.91 Å². The van der Waals surface area contributed by atoms with Crippen LogP contribution in [-0.2, 0) is 23.1 Å². The van der Waals surface area contributed by atoms with Gasteiger partial charge in [0, 0.05) is 23.9 Å². The minimum Gasteiger partial charge on any atom is -0.364 e. The van der Waals surface area contributed by atoms with Gasteiger partial charge in [-0.05, 0) is 24.1 Å². The molecular formula is C14H12N4O2. The summed E-state index contributed by atoms with van der Waals surface area (Å²) in [4.78, 5) is 30.8. The summed E-state index contributed by atoms with van der Waals surface area (Å²) in [6.07, 6.45) is 2.77. The molecule has 0 saturated carbocycles. The summed E-state index contributed by atoms with van der Waals surface area (Å²) in [5.74, 6) is 0.126. The van der Waals surface area contributed by atoms with Gasteiger partial charge in [-0.3, -0.25) is 9.59 Å². The molecular weight excluding hydrogens is 256 g/mol. The van der Waals surface area contributed by atoms with Gasteiger partial charge in [0.15, 0.2) is 0 Å². The van der Waals surface area contributed by atoms with E-state index in [1.54, 1.807) is 12.3 Å². The monoisotopic (exact) mass is 268 g/mol. The number of primary amides is 1. The van der Waals surface area contributed by atoms with Crippen molar-refractivity contribution in [2.75, 3.05) is 5.32 Å². The summed E-state index contributed by atoms with van der Waals surface area (Å²) in [5.41, 5.74) is 7.88. The Kier molecular flexibility index (Phi) is 1.95. The fraction of sp³-hybridized carbons (Fsp3) is 0.214. The van der Waals surface area contributed by atoms with Gasteiger partial charge < -0.3 is 16.0 Å². The summed E-state index contributed by atoms with van der Waals surface area (Å²) in [6, 6.07) is 5.51. The first-order valence-corrected chi connectivity index (χ1v) is 6.38. The maximum atomic E-state index is 12.4. The molecule has 0 bridgehead atoms. The maximum Gasteiger partial charge on any atom is 0.265 e. The molecule has 4 rings (SSSR count). The normalized spacial score (nSPS) is 22.7. The van der Waals surface area contributed by atoms with Crippen LogP contribution < -0.4 is 11.1 Å². The van der Waals surface area contributed by atoms with Gasteiger partial charge >= 0.3 is 0 Å². The second kappa shape index (κ2) is 3.47. The zero-order chi connectivity index (χ0) is 13.9. The molecule has 0 fully saturated rings. The fourth-order valence-corrected chi connectivity index (χ4v) is 3.27. The van der Waals surface area contributed by atoms with E-state index in [1.165, 1.54) is 0 Å². The molecule has 0 radical (unpaired) electrons. The van der Waals surface area contributed by atoms with Gasteiger partial charge in [-0.1, -0.05) is 6.07 Å². The van der Waals surface area contributed by atoms with Crippen LogP contribution in [0.25, 0.3) is 0 Å². The Morgan fingerprint density at radius 3 is 3.00 bits per heavy atom. The standard InChI is InChI=1S/C14H12N4O2/c15-11(19)9-4-7-5-14(6-10(7)17-9)8-2-1-3-16-12(8)18-13(14)20/h1-4,17H,5-6H2,(H2,15,19)(H,16,18,20). The highest BCUT2D eigenvalue weighted by Crippen LogP contribution is 2.46. The Bertz CT molecular complexity index is 739. The van der Waals surface area contributed by atoms with Crippen molar-refractivity contribution in [3.05, 3.63) is 46.9 Å². The summed E-state index contributed by atoms with van der Waals surface area (Å²) >= 11 is 0. The highest BCUT2D eigenvalue weighted by atomic mass is 16.2. The number of nitrogens with two attached hydrogens (primary N) is 1. The Hall–Kier alpha value is -2.63. The molecule has 2 aromatic rings.